The molecule has 0 aliphatic carbocycles. The fraction of sp³-hybridized carbons (Fsp3) is 0.133. The number of aromatic nitrogens is 1. The highest BCUT2D eigenvalue weighted by Gasteiger charge is 2.29. The summed E-state index contributed by atoms with van der Waals surface area (Å²) >= 11 is 3.22. The van der Waals surface area contributed by atoms with Gasteiger partial charge in [0.25, 0.3) is 0 Å². The summed E-state index contributed by atoms with van der Waals surface area (Å²) in [7, 11) is 0. The largest absolute Gasteiger partial charge is 0.508 e. The van der Waals surface area contributed by atoms with Gasteiger partial charge in [-0.1, -0.05) is 0 Å². The van der Waals surface area contributed by atoms with E-state index in [1.54, 1.807) is 0 Å². The van der Waals surface area contributed by atoms with Crippen molar-refractivity contribution in [1.29, 1.82) is 0 Å². The van der Waals surface area contributed by atoms with Gasteiger partial charge >= 0.3 is 6.18 Å². The maximum Gasteiger partial charge on any atom is 0.393 e. The van der Waals surface area contributed by atoms with E-state index in [4.69, 9.17) is 4.42 Å². The maximum atomic E-state index is 12.5. The molecule has 3 aromatic rings. The highest BCUT2D eigenvalue weighted by atomic mass is 79.9. The summed E-state index contributed by atoms with van der Waals surface area (Å²) in [5.74, 6) is -0.372. The molecule has 3 rings (SSSR count). The predicted octanol–water partition coefficient (Wildman–Crippen LogP) is 4.77. The summed E-state index contributed by atoms with van der Waals surface area (Å²) in [6, 6.07) is 6.56. The predicted molar refractivity (Wildman–Crippen MR) is 80.2 cm³/mol. The molecular formula is C15H9BrF3NO3. The van der Waals surface area contributed by atoms with E-state index in [0.29, 0.717) is 21.1 Å². The first kappa shape index (κ1) is 15.7. The summed E-state index contributed by atoms with van der Waals surface area (Å²) in [5, 5.41) is 19.1. The number of benzene rings is 2. The average Bonchev–Trinajstić information content (AvgIpc) is 2.84. The van der Waals surface area contributed by atoms with E-state index in [1.807, 2.05) is 0 Å². The van der Waals surface area contributed by atoms with Crippen LogP contribution in [0.2, 0.25) is 0 Å². The summed E-state index contributed by atoms with van der Waals surface area (Å²) in [4.78, 5) is 4.15. The number of oxazole rings is 1. The molecule has 0 bridgehead atoms. The van der Waals surface area contributed by atoms with Crippen molar-refractivity contribution in [3.05, 3.63) is 40.4 Å². The van der Waals surface area contributed by atoms with E-state index in [1.165, 1.54) is 24.3 Å². The van der Waals surface area contributed by atoms with Crippen molar-refractivity contribution in [3.63, 3.8) is 0 Å². The van der Waals surface area contributed by atoms with Crippen LogP contribution >= 0.6 is 15.9 Å². The Morgan fingerprint density at radius 2 is 1.87 bits per heavy atom. The van der Waals surface area contributed by atoms with E-state index in [2.05, 4.69) is 20.9 Å². The molecule has 2 N–H and O–H groups in total. The Morgan fingerprint density at radius 3 is 2.57 bits per heavy atom. The summed E-state index contributed by atoms with van der Waals surface area (Å²) in [6.45, 7) is 0. The van der Waals surface area contributed by atoms with Crippen molar-refractivity contribution in [2.45, 2.75) is 12.6 Å². The standard InChI is InChI=1S/C15H9BrF3NO3/c16-10-4-9(21)5-11-13(10)23-14(20-11)7-1-2-12(22)8(3-7)6-15(17,18)19/h1-5,21-22H,6H2. The monoisotopic (exact) mass is 387 g/mol. The van der Waals surface area contributed by atoms with Crippen LogP contribution in [0, 0.1) is 0 Å². The van der Waals surface area contributed by atoms with Crippen LogP contribution in [0.5, 0.6) is 11.5 Å². The first-order valence-electron chi connectivity index (χ1n) is 6.41. The molecule has 0 unspecified atom stereocenters. The molecule has 0 radical (unpaired) electrons. The molecular weight excluding hydrogens is 379 g/mol. The fourth-order valence-electron chi connectivity index (χ4n) is 2.18. The lowest BCUT2D eigenvalue weighted by molar-refractivity contribution is -0.127. The Hall–Kier alpha value is -2.22. The van der Waals surface area contributed by atoms with Gasteiger partial charge in [-0.15, -0.1) is 0 Å². The van der Waals surface area contributed by atoms with Crippen molar-refractivity contribution in [2.75, 3.05) is 0 Å². The first-order chi connectivity index (χ1) is 10.7. The van der Waals surface area contributed by atoms with Crippen molar-refractivity contribution in [2.24, 2.45) is 0 Å². The van der Waals surface area contributed by atoms with Gasteiger partial charge in [-0.05, 0) is 40.2 Å². The number of nitrogens with zero attached hydrogens (tertiary/aromatic N) is 1. The highest BCUT2D eigenvalue weighted by molar-refractivity contribution is 9.10. The van der Waals surface area contributed by atoms with Crippen molar-refractivity contribution < 1.29 is 27.8 Å². The zero-order valence-electron chi connectivity index (χ0n) is 11.4. The Labute approximate surface area is 136 Å². The third-order valence-corrected chi connectivity index (χ3v) is 3.74. The molecule has 0 fully saturated rings. The van der Waals surface area contributed by atoms with E-state index < -0.39 is 18.3 Å². The lowest BCUT2D eigenvalue weighted by atomic mass is 10.1. The topological polar surface area (TPSA) is 66.5 Å². The van der Waals surface area contributed by atoms with Gasteiger partial charge in [0.05, 0.1) is 10.9 Å². The third-order valence-electron chi connectivity index (χ3n) is 3.15. The van der Waals surface area contributed by atoms with Crippen LogP contribution in [-0.2, 0) is 6.42 Å². The molecule has 1 aromatic heterocycles. The quantitative estimate of drug-likeness (QED) is 0.664. The van der Waals surface area contributed by atoms with E-state index in [9.17, 15) is 23.4 Å². The van der Waals surface area contributed by atoms with Crippen LogP contribution < -0.4 is 0 Å². The van der Waals surface area contributed by atoms with Gasteiger partial charge < -0.3 is 14.6 Å². The Kier molecular flexibility index (Phi) is 3.71. The van der Waals surface area contributed by atoms with Crippen LogP contribution in [0.1, 0.15) is 5.56 Å². The molecule has 0 amide bonds. The van der Waals surface area contributed by atoms with Crippen LogP contribution in [0.4, 0.5) is 13.2 Å². The van der Waals surface area contributed by atoms with Crippen molar-refractivity contribution in [3.8, 4) is 23.0 Å². The van der Waals surface area contributed by atoms with Gasteiger partial charge in [0.2, 0.25) is 5.89 Å². The number of halogens is 4. The fourth-order valence-corrected chi connectivity index (χ4v) is 2.70. The molecule has 4 nitrogen and oxygen atoms in total. The van der Waals surface area contributed by atoms with Gasteiger partial charge in [0, 0.05) is 17.2 Å². The molecule has 120 valence electrons. The number of hydrogen-bond acceptors (Lipinski definition) is 4. The Morgan fingerprint density at radius 1 is 1.13 bits per heavy atom. The molecule has 0 aliphatic rings. The molecule has 0 spiro atoms. The SMILES string of the molecule is Oc1cc(Br)c2oc(-c3ccc(O)c(CC(F)(F)F)c3)nc2c1. The Balaban J connectivity index is 2.08. The van der Waals surface area contributed by atoms with E-state index in [-0.39, 0.29) is 17.2 Å². The second kappa shape index (κ2) is 5.45. The molecule has 2 aromatic carbocycles. The number of phenols is 2. The lowest BCUT2D eigenvalue weighted by Crippen LogP contribution is -2.11. The van der Waals surface area contributed by atoms with Crippen LogP contribution in [0.3, 0.4) is 0 Å². The van der Waals surface area contributed by atoms with Gasteiger partial charge in [0.1, 0.15) is 17.0 Å². The number of rotatable bonds is 2. The number of alkyl halides is 3. The van der Waals surface area contributed by atoms with Gasteiger partial charge in [-0.3, -0.25) is 0 Å². The van der Waals surface area contributed by atoms with Gasteiger partial charge in [-0.25, -0.2) is 4.98 Å². The lowest BCUT2D eigenvalue weighted by Gasteiger charge is -2.09. The van der Waals surface area contributed by atoms with Crippen molar-refractivity contribution >= 4 is 27.0 Å². The minimum Gasteiger partial charge on any atom is -0.508 e. The zero-order valence-corrected chi connectivity index (χ0v) is 12.9. The summed E-state index contributed by atoms with van der Waals surface area (Å²) in [6.07, 6.45) is -5.69. The molecule has 0 atom stereocenters. The molecule has 0 saturated heterocycles. The van der Waals surface area contributed by atoms with Crippen LogP contribution in [0.25, 0.3) is 22.6 Å². The van der Waals surface area contributed by atoms with Crippen molar-refractivity contribution in [1.82, 2.24) is 4.98 Å². The van der Waals surface area contributed by atoms with E-state index >= 15 is 0 Å². The van der Waals surface area contributed by atoms with Gasteiger partial charge in [-0.2, -0.15) is 13.2 Å². The third kappa shape index (κ3) is 3.26. The second-order valence-corrected chi connectivity index (χ2v) is 5.78. The molecule has 23 heavy (non-hydrogen) atoms. The normalized spacial score (nSPS) is 12.0. The Bertz CT molecular complexity index is 890. The molecule has 8 heteroatoms. The average molecular weight is 388 g/mol. The molecule has 0 saturated carbocycles. The summed E-state index contributed by atoms with van der Waals surface area (Å²) < 4.78 is 43.6. The van der Waals surface area contributed by atoms with Crippen LogP contribution in [-0.4, -0.2) is 21.4 Å². The summed E-state index contributed by atoms with van der Waals surface area (Å²) in [5.41, 5.74) is 0.754. The zero-order chi connectivity index (χ0) is 16.8. The second-order valence-electron chi connectivity index (χ2n) is 4.93. The first-order valence-corrected chi connectivity index (χ1v) is 7.20. The number of aromatic hydroxyl groups is 2. The smallest absolute Gasteiger partial charge is 0.393 e. The van der Waals surface area contributed by atoms with Crippen LogP contribution in [0.15, 0.2) is 39.2 Å². The number of fused-ring (bicyclic) bond motifs is 1. The number of phenolic OH excluding ortho intramolecular Hbond substituents is 2. The molecule has 1 heterocycles. The van der Waals surface area contributed by atoms with Gasteiger partial charge in [0.15, 0.2) is 5.58 Å². The van der Waals surface area contributed by atoms with E-state index in [0.717, 1.165) is 6.07 Å². The number of hydrogen-bond donors (Lipinski definition) is 2. The maximum absolute atomic E-state index is 12.5. The molecule has 0 aliphatic heterocycles. The highest BCUT2D eigenvalue weighted by Crippen LogP contribution is 2.35. The minimum atomic E-state index is -4.44. The minimum absolute atomic E-state index is 0.0207.